The van der Waals surface area contributed by atoms with Gasteiger partial charge < -0.3 is 11.1 Å². The number of carbonyl (C=O) groups excluding carboxylic acids is 1. The maximum atomic E-state index is 10.6. The topological polar surface area (TPSA) is 55.1 Å². The van der Waals surface area contributed by atoms with Crippen molar-refractivity contribution in [2.75, 3.05) is 5.32 Å². The van der Waals surface area contributed by atoms with Crippen LogP contribution in [0.4, 0.5) is 10.5 Å². The first-order valence-electron chi connectivity index (χ1n) is 4.31. The van der Waals surface area contributed by atoms with Crippen molar-refractivity contribution in [2.45, 2.75) is 0 Å². The molecule has 70 valence electrons. The van der Waals surface area contributed by atoms with E-state index in [-0.39, 0.29) is 0 Å². The Kier molecular flexibility index (Phi) is 2.07. The molecular formula is C11H10N2O. The molecule has 0 aliphatic heterocycles. The fourth-order valence-corrected chi connectivity index (χ4v) is 1.41. The summed E-state index contributed by atoms with van der Waals surface area (Å²) in [5.41, 5.74) is 5.74. The molecule has 2 amide bonds. The summed E-state index contributed by atoms with van der Waals surface area (Å²) in [7, 11) is 0. The van der Waals surface area contributed by atoms with Gasteiger partial charge in [0.15, 0.2) is 0 Å². The van der Waals surface area contributed by atoms with Crippen LogP contribution < -0.4 is 11.1 Å². The minimum Gasteiger partial charge on any atom is -0.351 e. The molecular weight excluding hydrogens is 176 g/mol. The van der Waals surface area contributed by atoms with Gasteiger partial charge in [0.05, 0.1) is 0 Å². The fraction of sp³-hybridized carbons (Fsp3) is 0. The first-order chi connectivity index (χ1) is 6.75. The smallest absolute Gasteiger partial charge is 0.316 e. The fourth-order valence-electron chi connectivity index (χ4n) is 1.41. The summed E-state index contributed by atoms with van der Waals surface area (Å²) < 4.78 is 0. The van der Waals surface area contributed by atoms with Crippen molar-refractivity contribution in [3.05, 3.63) is 42.5 Å². The first-order valence-corrected chi connectivity index (χ1v) is 4.31. The molecule has 2 rings (SSSR count). The molecule has 0 atom stereocenters. The van der Waals surface area contributed by atoms with Gasteiger partial charge in [-0.25, -0.2) is 4.79 Å². The zero-order valence-electron chi connectivity index (χ0n) is 7.53. The van der Waals surface area contributed by atoms with E-state index >= 15 is 0 Å². The molecule has 2 aromatic carbocycles. The van der Waals surface area contributed by atoms with Gasteiger partial charge in [0.1, 0.15) is 0 Å². The highest BCUT2D eigenvalue weighted by atomic mass is 16.2. The molecule has 2 aromatic rings. The molecule has 0 unspecified atom stereocenters. The molecule has 0 spiro atoms. The average Bonchev–Trinajstić information content (AvgIpc) is 2.17. The summed E-state index contributed by atoms with van der Waals surface area (Å²) in [5.74, 6) is 0. The summed E-state index contributed by atoms with van der Waals surface area (Å²) >= 11 is 0. The van der Waals surface area contributed by atoms with Gasteiger partial charge in [0.25, 0.3) is 0 Å². The Hall–Kier alpha value is -2.03. The van der Waals surface area contributed by atoms with E-state index in [9.17, 15) is 4.79 Å². The number of fused-ring (bicyclic) bond motifs is 1. The number of benzene rings is 2. The predicted octanol–water partition coefficient (Wildman–Crippen LogP) is 2.33. The molecule has 14 heavy (non-hydrogen) atoms. The predicted molar refractivity (Wildman–Crippen MR) is 57.2 cm³/mol. The largest absolute Gasteiger partial charge is 0.351 e. The van der Waals surface area contributed by atoms with Gasteiger partial charge in [-0.2, -0.15) is 0 Å². The Balaban J connectivity index is 2.46. The van der Waals surface area contributed by atoms with Gasteiger partial charge in [0.2, 0.25) is 0 Å². The van der Waals surface area contributed by atoms with Crippen LogP contribution in [0.5, 0.6) is 0 Å². The van der Waals surface area contributed by atoms with Crippen LogP contribution in [0, 0.1) is 0 Å². The highest BCUT2D eigenvalue weighted by Gasteiger charge is 1.97. The molecule has 0 saturated heterocycles. The number of anilines is 1. The molecule has 3 heteroatoms. The van der Waals surface area contributed by atoms with Gasteiger partial charge in [-0.05, 0) is 22.9 Å². The number of amides is 2. The van der Waals surface area contributed by atoms with Crippen LogP contribution in [0.2, 0.25) is 0 Å². The van der Waals surface area contributed by atoms with Crippen molar-refractivity contribution in [3.8, 4) is 0 Å². The number of hydrogen-bond acceptors (Lipinski definition) is 1. The Morgan fingerprint density at radius 3 is 2.50 bits per heavy atom. The number of nitrogens with one attached hydrogen (secondary N) is 1. The number of carbonyl (C=O) groups is 1. The lowest BCUT2D eigenvalue weighted by Gasteiger charge is -2.03. The van der Waals surface area contributed by atoms with E-state index in [4.69, 9.17) is 5.73 Å². The van der Waals surface area contributed by atoms with Crippen LogP contribution in [0.1, 0.15) is 0 Å². The van der Waals surface area contributed by atoms with Crippen molar-refractivity contribution in [3.63, 3.8) is 0 Å². The monoisotopic (exact) mass is 186 g/mol. The Morgan fingerprint density at radius 2 is 1.79 bits per heavy atom. The van der Waals surface area contributed by atoms with Crippen molar-refractivity contribution >= 4 is 22.5 Å². The maximum absolute atomic E-state index is 10.6. The third kappa shape index (κ3) is 1.66. The normalized spacial score (nSPS) is 10.0. The Labute approximate surface area is 81.5 Å². The molecule has 0 aliphatic rings. The second kappa shape index (κ2) is 3.38. The number of primary amides is 1. The Morgan fingerprint density at radius 1 is 1.07 bits per heavy atom. The molecule has 0 bridgehead atoms. The van der Waals surface area contributed by atoms with Crippen molar-refractivity contribution in [1.29, 1.82) is 0 Å². The lowest BCUT2D eigenvalue weighted by molar-refractivity contribution is 0.259. The van der Waals surface area contributed by atoms with Crippen LogP contribution in [-0.4, -0.2) is 6.03 Å². The van der Waals surface area contributed by atoms with E-state index < -0.39 is 6.03 Å². The quantitative estimate of drug-likeness (QED) is 0.705. The van der Waals surface area contributed by atoms with Crippen molar-refractivity contribution in [1.82, 2.24) is 0 Å². The zero-order valence-corrected chi connectivity index (χ0v) is 7.53. The van der Waals surface area contributed by atoms with E-state index in [1.54, 1.807) is 0 Å². The molecule has 0 heterocycles. The molecule has 0 radical (unpaired) electrons. The number of nitrogens with two attached hydrogens (primary N) is 1. The maximum Gasteiger partial charge on any atom is 0.316 e. The second-order valence-electron chi connectivity index (χ2n) is 3.05. The molecule has 0 aliphatic carbocycles. The van der Waals surface area contributed by atoms with Gasteiger partial charge in [-0.15, -0.1) is 0 Å². The summed E-state index contributed by atoms with van der Waals surface area (Å²) in [4.78, 5) is 10.6. The highest BCUT2D eigenvalue weighted by molar-refractivity contribution is 5.92. The number of hydrogen-bond donors (Lipinski definition) is 2. The van der Waals surface area contributed by atoms with Crippen molar-refractivity contribution < 1.29 is 4.79 Å². The summed E-state index contributed by atoms with van der Waals surface area (Å²) in [6.45, 7) is 0. The lowest BCUT2D eigenvalue weighted by Crippen LogP contribution is -2.19. The van der Waals surface area contributed by atoms with E-state index in [0.29, 0.717) is 0 Å². The molecule has 0 aromatic heterocycles. The third-order valence-corrected chi connectivity index (χ3v) is 2.02. The lowest BCUT2D eigenvalue weighted by atomic mass is 10.1. The molecule has 0 fully saturated rings. The van der Waals surface area contributed by atoms with E-state index in [0.717, 1.165) is 16.5 Å². The number of urea groups is 1. The SMILES string of the molecule is NC(=O)Nc1ccc2ccccc2c1. The van der Waals surface area contributed by atoms with Gasteiger partial charge in [-0.3, -0.25) is 0 Å². The van der Waals surface area contributed by atoms with Crippen molar-refractivity contribution in [2.24, 2.45) is 5.73 Å². The van der Waals surface area contributed by atoms with Crippen LogP contribution in [0.25, 0.3) is 10.8 Å². The summed E-state index contributed by atoms with van der Waals surface area (Å²) in [5, 5.41) is 4.76. The summed E-state index contributed by atoms with van der Waals surface area (Å²) in [6.07, 6.45) is 0. The Bertz CT molecular complexity index is 479. The second-order valence-corrected chi connectivity index (χ2v) is 3.05. The first kappa shape index (κ1) is 8.56. The van der Waals surface area contributed by atoms with Gasteiger partial charge >= 0.3 is 6.03 Å². The third-order valence-electron chi connectivity index (χ3n) is 2.02. The standard InChI is InChI=1S/C11H10N2O/c12-11(14)13-10-6-5-8-3-1-2-4-9(8)7-10/h1-7H,(H3,12,13,14). The minimum absolute atomic E-state index is 0.541. The summed E-state index contributed by atoms with van der Waals surface area (Å²) in [6, 6.07) is 13.1. The molecule has 0 saturated carbocycles. The van der Waals surface area contributed by atoms with Crippen LogP contribution in [0.15, 0.2) is 42.5 Å². The van der Waals surface area contributed by atoms with E-state index in [1.807, 2.05) is 42.5 Å². The zero-order chi connectivity index (χ0) is 9.97. The van der Waals surface area contributed by atoms with Crippen LogP contribution >= 0.6 is 0 Å². The minimum atomic E-state index is -0.541. The van der Waals surface area contributed by atoms with Crippen LogP contribution in [0.3, 0.4) is 0 Å². The van der Waals surface area contributed by atoms with Gasteiger partial charge in [-0.1, -0.05) is 30.3 Å². The van der Waals surface area contributed by atoms with E-state index in [1.165, 1.54) is 0 Å². The van der Waals surface area contributed by atoms with Crippen LogP contribution in [-0.2, 0) is 0 Å². The van der Waals surface area contributed by atoms with E-state index in [2.05, 4.69) is 5.32 Å². The number of rotatable bonds is 1. The van der Waals surface area contributed by atoms with Gasteiger partial charge in [0, 0.05) is 5.69 Å². The molecule has 3 nitrogen and oxygen atoms in total. The highest BCUT2D eigenvalue weighted by Crippen LogP contribution is 2.18. The molecule has 3 N–H and O–H groups in total. The average molecular weight is 186 g/mol.